The molecule has 1 atom stereocenters. The van der Waals surface area contributed by atoms with Gasteiger partial charge in [-0.3, -0.25) is 0 Å². The first-order valence-corrected chi connectivity index (χ1v) is 6.78. The van der Waals surface area contributed by atoms with Crippen LogP contribution in [0.15, 0.2) is 18.2 Å². The van der Waals surface area contributed by atoms with E-state index in [-0.39, 0.29) is 0 Å². The Morgan fingerprint density at radius 3 is 3.06 bits per heavy atom. The van der Waals surface area contributed by atoms with Gasteiger partial charge in [0.25, 0.3) is 0 Å². The molecule has 1 aromatic heterocycles. The maximum Gasteiger partial charge on any atom is 0.203 e. The van der Waals surface area contributed by atoms with Gasteiger partial charge in [-0.05, 0) is 37.0 Å². The van der Waals surface area contributed by atoms with Gasteiger partial charge < -0.3 is 10.1 Å². The fraction of sp³-hybridized carbons (Fsp3) is 0.385. The van der Waals surface area contributed by atoms with Crippen molar-refractivity contribution in [2.24, 2.45) is 0 Å². The molecular formula is C13H15N3OS. The minimum atomic E-state index is 0.322. The summed E-state index contributed by atoms with van der Waals surface area (Å²) >= 11 is 1.42. The van der Waals surface area contributed by atoms with Gasteiger partial charge in [-0.25, -0.2) is 4.98 Å². The smallest absolute Gasteiger partial charge is 0.203 e. The van der Waals surface area contributed by atoms with Crippen molar-refractivity contribution in [1.82, 2.24) is 9.36 Å². The molecule has 1 heterocycles. The first-order valence-electron chi connectivity index (χ1n) is 6.00. The quantitative estimate of drug-likeness (QED) is 0.922. The van der Waals surface area contributed by atoms with Gasteiger partial charge in [-0.15, -0.1) is 0 Å². The maximum atomic E-state index is 5.41. The minimum absolute atomic E-state index is 0.322. The van der Waals surface area contributed by atoms with Crippen LogP contribution in [0.1, 0.15) is 29.4 Å². The zero-order valence-electron chi connectivity index (χ0n) is 10.4. The summed E-state index contributed by atoms with van der Waals surface area (Å²) in [5.41, 5.74) is 2.64. The van der Waals surface area contributed by atoms with Crippen LogP contribution < -0.4 is 10.1 Å². The largest absolute Gasteiger partial charge is 0.496 e. The summed E-state index contributed by atoms with van der Waals surface area (Å²) in [4.78, 5) is 4.35. The normalized spacial score (nSPS) is 17.6. The Hall–Kier alpha value is -1.62. The first kappa shape index (κ1) is 11.5. The molecular weight excluding hydrogens is 246 g/mol. The molecule has 1 aliphatic rings. The van der Waals surface area contributed by atoms with Crippen LogP contribution in [0, 0.1) is 6.92 Å². The number of hydrogen-bond donors (Lipinski definition) is 1. The Balaban J connectivity index is 1.86. The van der Waals surface area contributed by atoms with Crippen LogP contribution in [-0.2, 0) is 6.42 Å². The Bertz CT molecular complexity index is 567. The molecule has 1 aliphatic carbocycles. The summed E-state index contributed by atoms with van der Waals surface area (Å²) < 4.78 is 9.60. The van der Waals surface area contributed by atoms with Crippen molar-refractivity contribution in [3.63, 3.8) is 0 Å². The number of methoxy groups -OCH3 is 1. The molecule has 0 saturated heterocycles. The highest BCUT2D eigenvalue weighted by molar-refractivity contribution is 7.09. The van der Waals surface area contributed by atoms with E-state index in [4.69, 9.17) is 4.74 Å². The summed E-state index contributed by atoms with van der Waals surface area (Å²) in [5, 5.41) is 4.35. The molecule has 5 heteroatoms. The molecule has 0 bridgehead atoms. The van der Waals surface area contributed by atoms with E-state index in [0.29, 0.717) is 6.04 Å². The second-order valence-corrected chi connectivity index (χ2v) is 5.16. The van der Waals surface area contributed by atoms with Crippen molar-refractivity contribution < 1.29 is 4.74 Å². The topological polar surface area (TPSA) is 47.0 Å². The third kappa shape index (κ3) is 1.95. The lowest BCUT2D eigenvalue weighted by Gasteiger charge is -2.13. The highest BCUT2D eigenvalue weighted by atomic mass is 32.1. The number of rotatable bonds is 3. The van der Waals surface area contributed by atoms with E-state index in [1.54, 1.807) is 7.11 Å². The SMILES string of the molecule is COc1cccc2c1CC[C@H]2Nc1nc(C)ns1. The van der Waals surface area contributed by atoms with Crippen LogP contribution in [0.2, 0.25) is 0 Å². The molecule has 4 nitrogen and oxygen atoms in total. The van der Waals surface area contributed by atoms with E-state index in [2.05, 4.69) is 20.7 Å². The zero-order chi connectivity index (χ0) is 12.5. The number of aromatic nitrogens is 2. The lowest BCUT2D eigenvalue weighted by atomic mass is 10.1. The van der Waals surface area contributed by atoms with E-state index >= 15 is 0 Å². The van der Waals surface area contributed by atoms with Gasteiger partial charge in [0.1, 0.15) is 11.6 Å². The van der Waals surface area contributed by atoms with Crippen LogP contribution in [0.25, 0.3) is 0 Å². The van der Waals surface area contributed by atoms with Gasteiger partial charge in [-0.2, -0.15) is 4.37 Å². The molecule has 0 amide bonds. The Labute approximate surface area is 110 Å². The van der Waals surface area contributed by atoms with Gasteiger partial charge in [0, 0.05) is 11.5 Å². The summed E-state index contributed by atoms with van der Waals surface area (Å²) in [6.45, 7) is 1.91. The highest BCUT2D eigenvalue weighted by Gasteiger charge is 2.25. The molecule has 2 aromatic rings. The molecule has 3 rings (SSSR count). The van der Waals surface area contributed by atoms with Crippen molar-refractivity contribution in [1.29, 1.82) is 0 Å². The molecule has 1 N–H and O–H groups in total. The number of ether oxygens (including phenoxy) is 1. The number of anilines is 1. The highest BCUT2D eigenvalue weighted by Crippen LogP contribution is 2.38. The van der Waals surface area contributed by atoms with Crippen molar-refractivity contribution in [2.45, 2.75) is 25.8 Å². The fourth-order valence-corrected chi connectivity index (χ4v) is 3.09. The monoisotopic (exact) mass is 261 g/mol. The molecule has 1 aromatic carbocycles. The second-order valence-electron chi connectivity index (χ2n) is 4.41. The van der Waals surface area contributed by atoms with Gasteiger partial charge in [0.15, 0.2) is 0 Å². The molecule has 0 fully saturated rings. The van der Waals surface area contributed by atoms with E-state index in [0.717, 1.165) is 29.5 Å². The van der Waals surface area contributed by atoms with Crippen LogP contribution in [0.3, 0.4) is 0 Å². The molecule has 0 aliphatic heterocycles. The predicted molar refractivity (Wildman–Crippen MR) is 72.3 cm³/mol. The lowest BCUT2D eigenvalue weighted by molar-refractivity contribution is 0.410. The second kappa shape index (κ2) is 4.57. The van der Waals surface area contributed by atoms with E-state index in [1.165, 1.54) is 22.7 Å². The van der Waals surface area contributed by atoms with Gasteiger partial charge >= 0.3 is 0 Å². The zero-order valence-corrected chi connectivity index (χ0v) is 11.3. The molecule has 0 radical (unpaired) electrons. The molecule has 18 heavy (non-hydrogen) atoms. The maximum absolute atomic E-state index is 5.41. The van der Waals surface area contributed by atoms with Gasteiger partial charge in [0.05, 0.1) is 13.2 Å². The number of nitrogens with zero attached hydrogens (tertiary/aromatic N) is 2. The first-order chi connectivity index (χ1) is 8.78. The number of fused-ring (bicyclic) bond motifs is 1. The van der Waals surface area contributed by atoms with Gasteiger partial charge in [0.2, 0.25) is 5.13 Å². The van der Waals surface area contributed by atoms with E-state index in [1.807, 2.05) is 19.1 Å². The summed E-state index contributed by atoms with van der Waals surface area (Å²) in [5.74, 6) is 1.82. The predicted octanol–water partition coefficient (Wildman–Crippen LogP) is 2.95. The third-order valence-corrected chi connectivity index (χ3v) is 4.01. The number of nitrogens with one attached hydrogen (secondary N) is 1. The number of aryl methyl sites for hydroxylation is 1. The summed E-state index contributed by atoms with van der Waals surface area (Å²) in [6, 6.07) is 6.55. The number of benzene rings is 1. The summed E-state index contributed by atoms with van der Waals surface area (Å²) in [7, 11) is 1.73. The van der Waals surface area contributed by atoms with E-state index in [9.17, 15) is 0 Å². The fourth-order valence-electron chi connectivity index (χ4n) is 2.47. The number of hydrogen-bond acceptors (Lipinski definition) is 5. The van der Waals surface area contributed by atoms with Crippen LogP contribution in [0.5, 0.6) is 5.75 Å². The standard InChI is InChI=1S/C13H15N3OS/c1-8-14-13(18-16-8)15-11-7-6-10-9(11)4-3-5-12(10)17-2/h3-5,11H,6-7H2,1-2H3,(H,14,15,16)/t11-/m1/s1. The minimum Gasteiger partial charge on any atom is -0.496 e. The van der Waals surface area contributed by atoms with Crippen LogP contribution in [0.4, 0.5) is 5.13 Å². The average Bonchev–Trinajstić information content (AvgIpc) is 2.97. The average molecular weight is 261 g/mol. The Morgan fingerprint density at radius 1 is 1.44 bits per heavy atom. The lowest BCUT2D eigenvalue weighted by Crippen LogP contribution is -2.06. The van der Waals surface area contributed by atoms with Crippen molar-refractivity contribution in [2.75, 3.05) is 12.4 Å². The Kier molecular flexibility index (Phi) is 2.91. The van der Waals surface area contributed by atoms with Crippen molar-refractivity contribution in [3.8, 4) is 5.75 Å². The van der Waals surface area contributed by atoms with Gasteiger partial charge in [-0.1, -0.05) is 12.1 Å². The van der Waals surface area contributed by atoms with Crippen LogP contribution >= 0.6 is 11.5 Å². The van der Waals surface area contributed by atoms with Crippen LogP contribution in [-0.4, -0.2) is 16.5 Å². The third-order valence-electron chi connectivity index (χ3n) is 3.27. The summed E-state index contributed by atoms with van der Waals surface area (Å²) in [6.07, 6.45) is 2.13. The molecule has 0 unspecified atom stereocenters. The molecule has 0 spiro atoms. The Morgan fingerprint density at radius 2 is 2.33 bits per heavy atom. The van der Waals surface area contributed by atoms with Crippen molar-refractivity contribution in [3.05, 3.63) is 35.2 Å². The molecule has 94 valence electrons. The van der Waals surface area contributed by atoms with E-state index < -0.39 is 0 Å². The van der Waals surface area contributed by atoms with Crippen molar-refractivity contribution >= 4 is 16.7 Å². The molecule has 0 saturated carbocycles.